The van der Waals surface area contributed by atoms with E-state index in [0.717, 1.165) is 37.8 Å². The highest BCUT2D eigenvalue weighted by atomic mass is 16.3. The van der Waals surface area contributed by atoms with Crippen LogP contribution in [0.3, 0.4) is 0 Å². The maximum Gasteiger partial charge on any atom is 0.0761 e. The summed E-state index contributed by atoms with van der Waals surface area (Å²) in [6, 6.07) is 17.5. The van der Waals surface area contributed by atoms with Crippen LogP contribution in [-0.2, 0) is 19.4 Å². The van der Waals surface area contributed by atoms with E-state index in [-0.39, 0.29) is 12.0 Å². The van der Waals surface area contributed by atoms with Crippen LogP contribution in [0, 0.1) is 24.7 Å². The molecule has 2 N–H and O–H groups in total. The van der Waals surface area contributed by atoms with Gasteiger partial charge >= 0.3 is 0 Å². The number of aliphatic hydroxyl groups excluding tert-OH is 2. The first kappa shape index (κ1) is 25.4. The van der Waals surface area contributed by atoms with Crippen molar-refractivity contribution in [3.63, 3.8) is 0 Å². The Kier molecular flexibility index (Phi) is 8.41. The van der Waals surface area contributed by atoms with Gasteiger partial charge in [-0.2, -0.15) is 0 Å². The summed E-state index contributed by atoms with van der Waals surface area (Å²) in [5.74, 6) is 1.09. The minimum absolute atomic E-state index is 0.142. The highest BCUT2D eigenvalue weighted by Crippen LogP contribution is 2.48. The van der Waals surface area contributed by atoms with Gasteiger partial charge in [-0.15, -0.1) is 0 Å². The van der Waals surface area contributed by atoms with E-state index in [2.05, 4.69) is 66.4 Å². The summed E-state index contributed by atoms with van der Waals surface area (Å²) < 4.78 is 0. The molecule has 0 amide bonds. The van der Waals surface area contributed by atoms with Crippen molar-refractivity contribution >= 4 is 0 Å². The molecule has 5 rings (SSSR count). The van der Waals surface area contributed by atoms with Crippen LogP contribution >= 0.6 is 0 Å². The smallest absolute Gasteiger partial charge is 0.0761 e. The zero-order valence-electron chi connectivity index (χ0n) is 21.9. The standard InChI is InChI=1S/C33H43NO2/c1-24-7-5-9-26(17-24)20-30(35)13-14-31-32-21-27(19-29(32)22-33(31)36)12-11-25-8-6-10-28(18-25)23-34-15-3-2-4-16-34/h5-10,13-14,17-19,29-33,35-36H,2-4,11-12,15-16,20-23H2,1H3/t29-,30-,31+,32-,33+/m0/s1. The predicted octanol–water partition coefficient (Wildman–Crippen LogP) is 6.02. The Morgan fingerprint density at radius 2 is 1.75 bits per heavy atom. The molecule has 1 saturated carbocycles. The van der Waals surface area contributed by atoms with Crippen LogP contribution in [0.1, 0.15) is 60.8 Å². The largest absolute Gasteiger partial charge is 0.392 e. The molecule has 5 atom stereocenters. The highest BCUT2D eigenvalue weighted by Gasteiger charge is 2.43. The first-order chi connectivity index (χ1) is 17.5. The lowest BCUT2D eigenvalue weighted by molar-refractivity contribution is 0.140. The Hall–Kier alpha value is -2.20. The minimum Gasteiger partial charge on any atom is -0.392 e. The molecule has 3 aliphatic rings. The molecule has 1 aliphatic heterocycles. The van der Waals surface area contributed by atoms with Crippen molar-refractivity contribution in [3.05, 3.63) is 94.6 Å². The molecule has 36 heavy (non-hydrogen) atoms. The second-order valence-electron chi connectivity index (χ2n) is 11.5. The SMILES string of the molecule is Cc1cccc(C[C@@H](O)C=C[C@@H]2[C@H]3CC(CCc4cccc(CN5CCCCC5)c4)=C[C@H]3C[C@H]2O)c1. The molecule has 0 unspecified atom stereocenters. The first-order valence-electron chi connectivity index (χ1n) is 14.1. The number of fused-ring (bicyclic) bond motifs is 1. The predicted molar refractivity (Wildman–Crippen MR) is 148 cm³/mol. The molecule has 3 nitrogen and oxygen atoms in total. The molecule has 0 spiro atoms. The second kappa shape index (κ2) is 11.9. The number of aryl methyl sites for hydroxylation is 2. The Bertz CT molecular complexity index is 1070. The van der Waals surface area contributed by atoms with E-state index in [0.29, 0.717) is 18.3 Å². The van der Waals surface area contributed by atoms with Crippen molar-refractivity contribution in [2.75, 3.05) is 13.1 Å². The topological polar surface area (TPSA) is 43.7 Å². The van der Waals surface area contributed by atoms with Crippen molar-refractivity contribution in [3.8, 4) is 0 Å². The maximum atomic E-state index is 10.7. The van der Waals surface area contributed by atoms with Gasteiger partial charge in [-0.25, -0.2) is 0 Å². The fourth-order valence-electron chi connectivity index (χ4n) is 6.76. The van der Waals surface area contributed by atoms with Crippen LogP contribution in [0.4, 0.5) is 0 Å². The van der Waals surface area contributed by atoms with Crippen LogP contribution < -0.4 is 0 Å². The summed E-state index contributed by atoms with van der Waals surface area (Å²) in [7, 11) is 0. The number of rotatable bonds is 9. The highest BCUT2D eigenvalue weighted by molar-refractivity contribution is 5.27. The Labute approximate surface area is 217 Å². The van der Waals surface area contributed by atoms with Gasteiger partial charge in [-0.3, -0.25) is 4.90 Å². The fourth-order valence-corrected chi connectivity index (χ4v) is 6.76. The van der Waals surface area contributed by atoms with Gasteiger partial charge in [0, 0.05) is 18.9 Å². The van der Waals surface area contributed by atoms with E-state index in [1.165, 1.54) is 49.0 Å². The molecule has 2 fully saturated rings. The van der Waals surface area contributed by atoms with Crippen LogP contribution in [0.25, 0.3) is 0 Å². The van der Waals surface area contributed by atoms with E-state index < -0.39 is 6.10 Å². The number of benzene rings is 2. The van der Waals surface area contributed by atoms with Gasteiger partial charge in [0.1, 0.15) is 0 Å². The lowest BCUT2D eigenvalue weighted by atomic mass is 9.88. The lowest BCUT2D eigenvalue weighted by Gasteiger charge is -2.26. The number of allylic oxidation sites excluding steroid dienone is 2. The third-order valence-electron chi connectivity index (χ3n) is 8.61. The van der Waals surface area contributed by atoms with Crippen LogP contribution in [-0.4, -0.2) is 40.4 Å². The van der Waals surface area contributed by atoms with Gasteiger partial charge in [0.2, 0.25) is 0 Å². The lowest BCUT2D eigenvalue weighted by Crippen LogP contribution is -2.29. The van der Waals surface area contributed by atoms with Crippen molar-refractivity contribution in [1.29, 1.82) is 0 Å². The third-order valence-corrected chi connectivity index (χ3v) is 8.61. The average molecular weight is 486 g/mol. The number of likely N-dealkylation sites (tertiary alicyclic amines) is 1. The molecule has 1 heterocycles. The molecule has 2 aliphatic carbocycles. The van der Waals surface area contributed by atoms with E-state index in [4.69, 9.17) is 0 Å². The summed E-state index contributed by atoms with van der Waals surface area (Å²) in [6.45, 7) is 5.65. The number of aliphatic hydroxyl groups is 2. The van der Waals surface area contributed by atoms with Gasteiger partial charge in [-0.1, -0.05) is 84.3 Å². The van der Waals surface area contributed by atoms with Gasteiger partial charge < -0.3 is 10.2 Å². The molecule has 3 heteroatoms. The van der Waals surface area contributed by atoms with Crippen LogP contribution in [0.15, 0.2) is 72.3 Å². The summed E-state index contributed by atoms with van der Waals surface area (Å²) in [6.07, 6.45) is 14.5. The summed E-state index contributed by atoms with van der Waals surface area (Å²) in [5, 5.41) is 21.3. The number of nitrogens with zero attached hydrogens (tertiary/aromatic N) is 1. The van der Waals surface area contributed by atoms with Gasteiger partial charge in [0.25, 0.3) is 0 Å². The molecule has 1 saturated heterocycles. The molecule has 2 aromatic rings. The maximum absolute atomic E-state index is 10.7. The monoisotopic (exact) mass is 485 g/mol. The van der Waals surface area contributed by atoms with E-state index in [1.807, 2.05) is 12.1 Å². The first-order valence-corrected chi connectivity index (χ1v) is 14.1. The zero-order chi connectivity index (χ0) is 24.9. The van der Waals surface area contributed by atoms with Crippen LogP contribution in [0.2, 0.25) is 0 Å². The average Bonchev–Trinajstić information content (AvgIpc) is 3.38. The van der Waals surface area contributed by atoms with Gasteiger partial charge in [0.15, 0.2) is 0 Å². The molecular formula is C33H43NO2. The van der Waals surface area contributed by atoms with Crippen molar-refractivity contribution in [1.82, 2.24) is 4.90 Å². The zero-order valence-corrected chi connectivity index (χ0v) is 21.9. The van der Waals surface area contributed by atoms with E-state index in [9.17, 15) is 10.2 Å². The Balaban J connectivity index is 1.13. The van der Waals surface area contributed by atoms with E-state index >= 15 is 0 Å². The van der Waals surface area contributed by atoms with Crippen LogP contribution in [0.5, 0.6) is 0 Å². The Morgan fingerprint density at radius 3 is 2.58 bits per heavy atom. The fraction of sp³-hybridized carbons (Fsp3) is 0.515. The summed E-state index contributed by atoms with van der Waals surface area (Å²) >= 11 is 0. The third kappa shape index (κ3) is 6.56. The van der Waals surface area contributed by atoms with Crippen molar-refractivity contribution in [2.24, 2.45) is 17.8 Å². The summed E-state index contributed by atoms with van der Waals surface area (Å²) in [4.78, 5) is 2.60. The molecule has 192 valence electrons. The number of piperidine rings is 1. The molecule has 0 radical (unpaired) electrons. The van der Waals surface area contributed by atoms with Crippen molar-refractivity contribution < 1.29 is 10.2 Å². The van der Waals surface area contributed by atoms with Crippen molar-refractivity contribution in [2.45, 2.75) is 77.0 Å². The Morgan fingerprint density at radius 1 is 0.972 bits per heavy atom. The number of hydrogen-bond donors (Lipinski definition) is 2. The molecule has 0 aromatic heterocycles. The van der Waals surface area contributed by atoms with Gasteiger partial charge in [0.05, 0.1) is 12.2 Å². The molecular weight excluding hydrogens is 442 g/mol. The summed E-state index contributed by atoms with van der Waals surface area (Å²) in [5.41, 5.74) is 6.82. The molecule has 0 bridgehead atoms. The van der Waals surface area contributed by atoms with Gasteiger partial charge in [-0.05, 0) is 87.1 Å². The quantitative estimate of drug-likeness (QED) is 0.427. The minimum atomic E-state index is -0.510. The normalized spacial score (nSPS) is 27.4. The van der Waals surface area contributed by atoms with E-state index in [1.54, 1.807) is 5.57 Å². The molecule has 2 aromatic carbocycles. The second-order valence-corrected chi connectivity index (χ2v) is 11.5. The number of hydrogen-bond acceptors (Lipinski definition) is 3.